The van der Waals surface area contributed by atoms with Crippen LogP contribution < -0.4 is 5.32 Å². The fourth-order valence-corrected chi connectivity index (χ4v) is 3.26. The Kier molecular flexibility index (Phi) is 6.81. The summed E-state index contributed by atoms with van der Waals surface area (Å²) in [5.41, 5.74) is 1.76. The zero-order valence-electron chi connectivity index (χ0n) is 15.2. The van der Waals surface area contributed by atoms with Crippen LogP contribution in [0.2, 0.25) is 0 Å². The second kappa shape index (κ2) is 9.72. The number of hydrogen-bond donors (Lipinski definition) is 1. The highest BCUT2D eigenvalue weighted by Gasteiger charge is 2.06. The molecule has 0 aliphatic heterocycles. The molecule has 0 saturated carbocycles. The highest BCUT2D eigenvalue weighted by Crippen LogP contribution is 2.17. The Bertz CT molecular complexity index is 887. The molecule has 1 N–H and O–H groups in total. The van der Waals surface area contributed by atoms with Crippen molar-refractivity contribution in [3.8, 4) is 0 Å². The van der Waals surface area contributed by atoms with Gasteiger partial charge in [-0.15, -0.1) is 15.3 Å². The molecular formula is C19H22N6OS. The average Bonchev–Trinajstić information content (AvgIpc) is 3.31. The van der Waals surface area contributed by atoms with E-state index in [0.29, 0.717) is 17.4 Å². The number of anilines is 1. The van der Waals surface area contributed by atoms with Crippen LogP contribution in [0.4, 0.5) is 5.13 Å². The Morgan fingerprint density at radius 3 is 2.85 bits per heavy atom. The Balaban J connectivity index is 1.50. The van der Waals surface area contributed by atoms with Crippen molar-refractivity contribution in [2.24, 2.45) is 0 Å². The number of rotatable bonds is 9. The third-order valence-electron chi connectivity index (χ3n) is 3.84. The molecule has 2 heterocycles. The van der Waals surface area contributed by atoms with Gasteiger partial charge in [0, 0.05) is 12.5 Å². The van der Waals surface area contributed by atoms with Gasteiger partial charge in [-0.1, -0.05) is 66.6 Å². The van der Waals surface area contributed by atoms with E-state index in [4.69, 9.17) is 0 Å². The zero-order valence-corrected chi connectivity index (χ0v) is 16.0. The van der Waals surface area contributed by atoms with E-state index >= 15 is 0 Å². The van der Waals surface area contributed by atoms with Crippen LogP contribution in [0, 0.1) is 0 Å². The van der Waals surface area contributed by atoms with Crippen LogP contribution in [0.15, 0.2) is 42.6 Å². The smallest absolute Gasteiger partial charge is 0.250 e. The molecule has 0 saturated heterocycles. The van der Waals surface area contributed by atoms with Crippen LogP contribution in [-0.4, -0.2) is 31.1 Å². The largest absolute Gasteiger partial charge is 0.297 e. The molecule has 0 fully saturated rings. The number of benzene rings is 1. The highest BCUT2D eigenvalue weighted by atomic mass is 32.1. The Morgan fingerprint density at radius 2 is 2.04 bits per heavy atom. The summed E-state index contributed by atoms with van der Waals surface area (Å²) < 4.78 is 1.74. The van der Waals surface area contributed by atoms with Crippen LogP contribution in [0.5, 0.6) is 0 Å². The van der Waals surface area contributed by atoms with Gasteiger partial charge in [0.05, 0.1) is 12.7 Å². The van der Waals surface area contributed by atoms with Crippen LogP contribution in [0.25, 0.3) is 6.08 Å². The van der Waals surface area contributed by atoms with Crippen LogP contribution in [0.1, 0.15) is 42.5 Å². The molecule has 0 bridgehead atoms. The van der Waals surface area contributed by atoms with Gasteiger partial charge >= 0.3 is 0 Å². The van der Waals surface area contributed by atoms with Crippen molar-refractivity contribution < 1.29 is 4.79 Å². The third-order valence-corrected chi connectivity index (χ3v) is 4.74. The minimum Gasteiger partial charge on any atom is -0.297 e. The van der Waals surface area contributed by atoms with Gasteiger partial charge in [-0.25, -0.2) is 4.68 Å². The first-order valence-corrected chi connectivity index (χ1v) is 9.80. The summed E-state index contributed by atoms with van der Waals surface area (Å²) in [5, 5.41) is 20.5. The molecule has 1 aromatic carbocycles. The third kappa shape index (κ3) is 6.10. The number of unbranched alkanes of at least 4 members (excludes halogenated alkanes) is 2. The first-order valence-electron chi connectivity index (χ1n) is 8.98. The van der Waals surface area contributed by atoms with Gasteiger partial charge in [0.2, 0.25) is 11.0 Å². The molecule has 7 nitrogen and oxygen atoms in total. The van der Waals surface area contributed by atoms with E-state index in [1.54, 1.807) is 17.0 Å². The molecule has 0 aliphatic rings. The minimum atomic E-state index is -0.260. The van der Waals surface area contributed by atoms with Crippen LogP contribution in [0.3, 0.4) is 0 Å². The van der Waals surface area contributed by atoms with Crippen molar-refractivity contribution in [1.29, 1.82) is 0 Å². The fourth-order valence-electron chi connectivity index (χ4n) is 2.48. The predicted octanol–water partition coefficient (Wildman–Crippen LogP) is 3.56. The van der Waals surface area contributed by atoms with Crippen molar-refractivity contribution in [3.63, 3.8) is 0 Å². The second-order valence-corrected chi connectivity index (χ2v) is 7.17. The first-order chi connectivity index (χ1) is 13.2. The molecule has 0 unspecified atom stereocenters. The van der Waals surface area contributed by atoms with E-state index < -0.39 is 0 Å². The fraction of sp³-hybridized carbons (Fsp3) is 0.316. The van der Waals surface area contributed by atoms with Crippen molar-refractivity contribution in [3.05, 3.63) is 58.9 Å². The summed E-state index contributed by atoms with van der Waals surface area (Å²) in [6, 6.07) is 10.0. The van der Waals surface area contributed by atoms with E-state index in [0.717, 1.165) is 23.4 Å². The SMILES string of the molecule is CCCCCc1nnc(NC(=O)/C=C/c2cn(Cc3ccccc3)nn2)s1. The Morgan fingerprint density at radius 1 is 1.19 bits per heavy atom. The summed E-state index contributed by atoms with van der Waals surface area (Å²) in [7, 11) is 0. The van der Waals surface area contributed by atoms with Gasteiger partial charge in [0.1, 0.15) is 10.7 Å². The molecule has 3 aromatic rings. The van der Waals surface area contributed by atoms with Crippen molar-refractivity contribution in [2.45, 2.75) is 39.2 Å². The number of hydrogen-bond acceptors (Lipinski definition) is 6. The first kappa shape index (κ1) is 18.9. The number of nitrogens with one attached hydrogen (secondary N) is 1. The van der Waals surface area contributed by atoms with Gasteiger partial charge < -0.3 is 0 Å². The Hall–Kier alpha value is -2.87. The van der Waals surface area contributed by atoms with E-state index in [1.807, 2.05) is 30.3 Å². The molecular weight excluding hydrogens is 360 g/mol. The summed E-state index contributed by atoms with van der Waals surface area (Å²) >= 11 is 1.42. The summed E-state index contributed by atoms with van der Waals surface area (Å²) in [6.45, 7) is 2.80. The van der Waals surface area contributed by atoms with E-state index in [1.165, 1.54) is 30.3 Å². The summed E-state index contributed by atoms with van der Waals surface area (Å²) in [5.74, 6) is -0.260. The number of carbonyl (C=O) groups is 1. The monoisotopic (exact) mass is 382 g/mol. The van der Waals surface area contributed by atoms with Gasteiger partial charge in [0.15, 0.2) is 0 Å². The maximum absolute atomic E-state index is 12.0. The molecule has 0 aliphatic carbocycles. The molecule has 0 radical (unpaired) electrons. The quantitative estimate of drug-likeness (QED) is 0.452. The lowest BCUT2D eigenvalue weighted by molar-refractivity contribution is -0.111. The molecule has 0 spiro atoms. The predicted molar refractivity (Wildman–Crippen MR) is 106 cm³/mol. The molecule has 1 amide bonds. The highest BCUT2D eigenvalue weighted by molar-refractivity contribution is 7.15. The number of carbonyl (C=O) groups excluding carboxylic acids is 1. The molecule has 8 heteroatoms. The maximum atomic E-state index is 12.0. The molecule has 2 aromatic heterocycles. The summed E-state index contributed by atoms with van der Waals surface area (Å²) in [6.07, 6.45) is 9.20. The lowest BCUT2D eigenvalue weighted by Gasteiger charge is -1.98. The van der Waals surface area contributed by atoms with E-state index in [9.17, 15) is 4.79 Å². The molecule has 27 heavy (non-hydrogen) atoms. The van der Waals surface area contributed by atoms with Gasteiger partial charge in [-0.3, -0.25) is 10.1 Å². The standard InChI is InChI=1S/C19H22N6OS/c1-2-3-5-10-18-22-23-19(27-18)20-17(26)12-11-16-14-25(24-21-16)13-15-8-6-4-7-9-15/h4,6-9,11-12,14H,2-3,5,10,13H2,1H3,(H,20,23,26)/b12-11+. The molecule has 3 rings (SSSR count). The number of nitrogens with zero attached hydrogens (tertiary/aromatic N) is 5. The van der Waals surface area contributed by atoms with E-state index in [-0.39, 0.29) is 5.91 Å². The minimum absolute atomic E-state index is 0.260. The second-order valence-electron chi connectivity index (χ2n) is 6.11. The molecule has 0 atom stereocenters. The van der Waals surface area contributed by atoms with Crippen molar-refractivity contribution in [1.82, 2.24) is 25.2 Å². The zero-order chi connectivity index (χ0) is 18.9. The Labute approximate surface area is 162 Å². The summed E-state index contributed by atoms with van der Waals surface area (Å²) in [4.78, 5) is 12.0. The van der Waals surface area contributed by atoms with Gasteiger partial charge in [-0.05, 0) is 18.1 Å². The lowest BCUT2D eigenvalue weighted by Crippen LogP contribution is -2.07. The van der Waals surface area contributed by atoms with Crippen LogP contribution in [-0.2, 0) is 17.8 Å². The number of amides is 1. The topological polar surface area (TPSA) is 85.6 Å². The van der Waals surface area contributed by atoms with E-state index in [2.05, 4.69) is 32.7 Å². The van der Waals surface area contributed by atoms with Crippen molar-refractivity contribution in [2.75, 3.05) is 5.32 Å². The molecule has 140 valence electrons. The number of aryl methyl sites for hydroxylation is 1. The maximum Gasteiger partial charge on any atom is 0.250 e. The van der Waals surface area contributed by atoms with Gasteiger partial charge in [-0.2, -0.15) is 0 Å². The van der Waals surface area contributed by atoms with Crippen molar-refractivity contribution >= 4 is 28.5 Å². The number of aromatic nitrogens is 5. The van der Waals surface area contributed by atoms with Gasteiger partial charge in [0.25, 0.3) is 0 Å². The average molecular weight is 382 g/mol. The normalized spacial score (nSPS) is 11.1. The lowest BCUT2D eigenvalue weighted by atomic mass is 10.2. The van der Waals surface area contributed by atoms with Crippen LogP contribution >= 0.6 is 11.3 Å².